The molecule has 0 radical (unpaired) electrons. The summed E-state index contributed by atoms with van der Waals surface area (Å²) in [6, 6.07) is 30.5. The molecule has 0 atom stereocenters. The topological polar surface area (TPSA) is 6.25 Å². The fraction of sp³-hybridized carbons (Fsp3) is 0.250. The van der Waals surface area contributed by atoms with Gasteiger partial charge in [-0.3, -0.25) is 0 Å². The molecule has 0 fully saturated rings. The second-order valence-corrected chi connectivity index (χ2v) is 23.3. The zero-order valence-electron chi connectivity index (χ0n) is 29.5. The molecule has 0 N–H and O–H groups in total. The third-order valence-corrected chi connectivity index (χ3v) is 18.1. The van der Waals surface area contributed by atoms with Crippen molar-refractivity contribution in [2.45, 2.75) is 45.1 Å². The van der Waals surface area contributed by atoms with Crippen LogP contribution in [0.5, 0.6) is 0 Å². The summed E-state index contributed by atoms with van der Waals surface area (Å²) in [6.07, 6.45) is 9.24. The molecule has 5 aromatic carbocycles. The molecule has 1 heterocycles. The summed E-state index contributed by atoms with van der Waals surface area (Å²) < 4.78 is 5.38. The van der Waals surface area contributed by atoms with Gasteiger partial charge in [-0.05, 0) is 0 Å². The Hall–Kier alpha value is -4.15. The second kappa shape index (κ2) is 11.8. The third-order valence-electron chi connectivity index (χ3n) is 10.7. The van der Waals surface area contributed by atoms with E-state index in [1.54, 1.807) is 8.80 Å². The molecule has 0 aromatic heterocycles. The standard InChI is InChI=1S/C44H47GeN2/c1-10-33-35-14-12-13-15-36(35)34(11-2)41-25-30(18-21-37(33)41)29-17-16-28(3)40(24-29)44-38-22-19-31(46(6)7)26-42(38)45(4,5)43-27-32(47(8)9)20-23-39(43)44/h12-27H,10-11H2,1-9H3/q+1. The Morgan fingerprint density at radius 2 is 1.32 bits per heavy atom. The molecule has 0 bridgehead atoms. The zero-order chi connectivity index (χ0) is 33.2. The van der Waals surface area contributed by atoms with Gasteiger partial charge in [0, 0.05) is 0 Å². The number of fused-ring (bicyclic) bond motifs is 4. The number of rotatable bonds is 5. The predicted octanol–water partition coefficient (Wildman–Crippen LogP) is 9.64. The van der Waals surface area contributed by atoms with E-state index in [1.807, 2.05) is 0 Å². The summed E-state index contributed by atoms with van der Waals surface area (Å²) in [5.74, 6) is 5.15. The van der Waals surface area contributed by atoms with E-state index in [2.05, 4.69) is 167 Å². The Balaban J connectivity index is 1.48. The number of hydrogen-bond donors (Lipinski definition) is 0. The van der Waals surface area contributed by atoms with E-state index in [9.17, 15) is 0 Å². The van der Waals surface area contributed by atoms with Crippen LogP contribution < -0.4 is 9.30 Å². The Bertz CT molecular complexity index is 2240. The van der Waals surface area contributed by atoms with Crippen LogP contribution in [0.2, 0.25) is 11.5 Å². The van der Waals surface area contributed by atoms with Gasteiger partial charge in [0.05, 0.1) is 0 Å². The monoisotopic (exact) mass is 677 g/mol. The first-order chi connectivity index (χ1) is 22.5. The molecule has 7 rings (SSSR count). The van der Waals surface area contributed by atoms with Crippen molar-refractivity contribution in [3.8, 4) is 11.1 Å². The number of allylic oxidation sites excluding steroid dienone is 5. The van der Waals surface area contributed by atoms with Gasteiger partial charge in [0.15, 0.2) is 0 Å². The second-order valence-electron chi connectivity index (χ2n) is 14.2. The quantitative estimate of drug-likeness (QED) is 0.102. The van der Waals surface area contributed by atoms with E-state index >= 15 is 0 Å². The summed E-state index contributed by atoms with van der Waals surface area (Å²) in [6.45, 7) is 6.87. The van der Waals surface area contributed by atoms with Crippen molar-refractivity contribution in [2.75, 3.05) is 33.1 Å². The third kappa shape index (κ3) is 5.04. The molecule has 47 heavy (non-hydrogen) atoms. The van der Waals surface area contributed by atoms with Crippen LogP contribution in [-0.2, 0) is 12.8 Å². The zero-order valence-corrected chi connectivity index (χ0v) is 31.6. The van der Waals surface area contributed by atoms with E-state index in [0.29, 0.717) is 0 Å². The average Bonchev–Trinajstić information content (AvgIpc) is 3.07. The molecule has 0 saturated carbocycles. The average molecular weight is 676 g/mol. The molecule has 1 aliphatic heterocycles. The fourth-order valence-electron chi connectivity index (χ4n) is 8.04. The minimum atomic E-state index is -2.65. The van der Waals surface area contributed by atoms with Crippen molar-refractivity contribution in [1.29, 1.82) is 0 Å². The number of nitrogens with zero attached hydrogens (tertiary/aromatic N) is 2. The van der Waals surface area contributed by atoms with Gasteiger partial charge < -0.3 is 0 Å². The van der Waals surface area contributed by atoms with Crippen LogP contribution in [-0.4, -0.2) is 51.7 Å². The van der Waals surface area contributed by atoms with Gasteiger partial charge in [-0.2, -0.15) is 0 Å². The molecule has 0 spiro atoms. The van der Waals surface area contributed by atoms with Gasteiger partial charge in [-0.1, -0.05) is 25.1 Å². The van der Waals surface area contributed by atoms with E-state index in [4.69, 9.17) is 0 Å². The molecule has 0 unspecified atom stereocenters. The van der Waals surface area contributed by atoms with Crippen molar-refractivity contribution in [3.05, 3.63) is 135 Å². The van der Waals surface area contributed by atoms with Crippen LogP contribution in [0.1, 0.15) is 41.7 Å². The predicted molar refractivity (Wildman–Crippen MR) is 209 cm³/mol. The fourth-order valence-corrected chi connectivity index (χ4v) is 14.5. The van der Waals surface area contributed by atoms with E-state index in [1.165, 1.54) is 83.0 Å². The summed E-state index contributed by atoms with van der Waals surface area (Å²) in [5.41, 5.74) is 14.9. The number of hydrogen-bond acceptors (Lipinski definition) is 1. The summed E-state index contributed by atoms with van der Waals surface area (Å²) in [7, 11) is 8.61. The van der Waals surface area contributed by atoms with Gasteiger partial charge in [0.2, 0.25) is 0 Å². The van der Waals surface area contributed by atoms with Crippen LogP contribution in [0, 0.1) is 6.92 Å². The SMILES string of the molecule is CCc1c2ccccc2c(CC)c2cc(-c3ccc(C)c(C4=C5C=CC(=[N+](C)C)C=[C]5[Ge]([CH3])([CH3])[c]5cc(N(C)C)ccc54)c3)ccc12. The maximum atomic E-state index is 2.57. The van der Waals surface area contributed by atoms with Crippen LogP contribution in [0.4, 0.5) is 5.69 Å². The Morgan fingerprint density at radius 1 is 0.681 bits per heavy atom. The van der Waals surface area contributed by atoms with Crippen molar-refractivity contribution in [1.82, 2.24) is 0 Å². The van der Waals surface area contributed by atoms with Gasteiger partial charge >= 0.3 is 260 Å². The first-order valence-corrected chi connectivity index (χ1v) is 23.4. The van der Waals surface area contributed by atoms with Gasteiger partial charge in [0.1, 0.15) is 0 Å². The molecular formula is C44H47GeN2+. The number of benzene rings is 5. The molecule has 5 aromatic rings. The first-order valence-electron chi connectivity index (χ1n) is 17.1. The first kappa shape index (κ1) is 31.5. The van der Waals surface area contributed by atoms with Gasteiger partial charge in [-0.15, -0.1) is 0 Å². The molecule has 0 saturated heterocycles. The number of anilines is 1. The van der Waals surface area contributed by atoms with E-state index in [0.717, 1.165) is 12.8 Å². The summed E-state index contributed by atoms with van der Waals surface area (Å²) >= 11 is -2.65. The van der Waals surface area contributed by atoms with E-state index in [-0.39, 0.29) is 0 Å². The molecule has 2 nitrogen and oxygen atoms in total. The molecule has 3 heteroatoms. The Labute approximate surface area is 283 Å². The van der Waals surface area contributed by atoms with Crippen molar-refractivity contribution >= 4 is 56.2 Å². The summed E-state index contributed by atoms with van der Waals surface area (Å²) in [4.78, 5) is 2.24. The molecule has 2 aliphatic rings. The normalized spacial score (nSPS) is 15.2. The molecule has 0 amide bonds. The molecule has 236 valence electrons. The maximum absolute atomic E-state index is 2.65. The van der Waals surface area contributed by atoms with Crippen LogP contribution in [0.3, 0.4) is 0 Å². The van der Waals surface area contributed by atoms with Crippen LogP contribution in [0.15, 0.2) is 107 Å². The van der Waals surface area contributed by atoms with Gasteiger partial charge in [0.25, 0.3) is 0 Å². The van der Waals surface area contributed by atoms with Crippen LogP contribution in [0.25, 0.3) is 38.2 Å². The minimum absolute atomic E-state index is 1.01. The molecular weight excluding hydrogens is 629 g/mol. The van der Waals surface area contributed by atoms with Crippen molar-refractivity contribution < 1.29 is 4.58 Å². The van der Waals surface area contributed by atoms with E-state index < -0.39 is 13.3 Å². The van der Waals surface area contributed by atoms with Crippen molar-refractivity contribution in [2.24, 2.45) is 0 Å². The summed E-state index contributed by atoms with van der Waals surface area (Å²) in [5, 5.41) is 5.59. The van der Waals surface area contributed by atoms with Gasteiger partial charge in [-0.25, -0.2) is 0 Å². The molecule has 1 aliphatic carbocycles. The van der Waals surface area contributed by atoms with Crippen molar-refractivity contribution in [3.63, 3.8) is 0 Å². The van der Waals surface area contributed by atoms with Crippen LogP contribution >= 0.6 is 0 Å². The Morgan fingerprint density at radius 3 is 1.98 bits per heavy atom. The Kier molecular flexibility index (Phi) is 7.91. The number of aryl methyl sites for hydroxylation is 3.